The van der Waals surface area contributed by atoms with Crippen molar-refractivity contribution in [3.63, 3.8) is 0 Å². The van der Waals surface area contributed by atoms with Crippen molar-refractivity contribution >= 4 is 50.0 Å². The van der Waals surface area contributed by atoms with E-state index in [-0.39, 0.29) is 41.0 Å². The summed E-state index contributed by atoms with van der Waals surface area (Å²) in [5.41, 5.74) is -0.180. The molecule has 0 aliphatic heterocycles. The molecular weight excluding hydrogens is 667 g/mol. The van der Waals surface area contributed by atoms with Crippen LogP contribution < -0.4 is 10.3 Å². The van der Waals surface area contributed by atoms with Crippen molar-refractivity contribution in [2.24, 2.45) is 0 Å². The number of nitrogens with zero attached hydrogens (tertiary/aromatic N) is 5. The maximum absolute atomic E-state index is 14.3. The van der Waals surface area contributed by atoms with Crippen LogP contribution in [0.2, 0.25) is 5.02 Å². The summed E-state index contributed by atoms with van der Waals surface area (Å²) >= 11 is 7.58. The van der Waals surface area contributed by atoms with Crippen LogP contribution in [0.5, 0.6) is 5.75 Å². The van der Waals surface area contributed by atoms with Crippen LogP contribution in [0.4, 0.5) is 13.2 Å². The van der Waals surface area contributed by atoms with E-state index in [1.165, 1.54) is 46.7 Å². The van der Waals surface area contributed by atoms with Gasteiger partial charge in [-0.25, -0.2) is 9.78 Å². The first-order chi connectivity index (χ1) is 22.8. The highest BCUT2D eigenvalue weighted by atomic mass is 35.5. The van der Waals surface area contributed by atoms with E-state index in [0.29, 0.717) is 43.4 Å². The number of aromatic carboxylic acids is 1. The Morgan fingerprint density at radius 1 is 1.10 bits per heavy atom. The molecule has 1 N–H and O–H groups in total. The molecule has 6 aromatic rings. The molecule has 14 heteroatoms. The first-order valence-corrected chi connectivity index (χ1v) is 15.6. The second-order valence-corrected chi connectivity index (χ2v) is 12.2. The monoisotopic (exact) mass is 689 g/mol. The lowest BCUT2D eigenvalue weighted by Crippen LogP contribution is -2.27. The summed E-state index contributed by atoms with van der Waals surface area (Å²) < 4.78 is 51.1. The number of halogens is 4. The maximum atomic E-state index is 14.3. The van der Waals surface area contributed by atoms with Gasteiger partial charge < -0.3 is 9.84 Å². The summed E-state index contributed by atoms with van der Waals surface area (Å²) in [6.45, 7) is 4.69. The molecule has 0 aliphatic rings. The predicted molar refractivity (Wildman–Crippen MR) is 176 cm³/mol. The Kier molecular flexibility index (Phi) is 8.40. The van der Waals surface area contributed by atoms with Gasteiger partial charge in [0.05, 0.1) is 44.4 Å². The van der Waals surface area contributed by atoms with Crippen LogP contribution >= 0.6 is 22.9 Å². The summed E-state index contributed by atoms with van der Waals surface area (Å²) in [7, 11) is 0. The molecule has 0 unspecified atom stereocenters. The van der Waals surface area contributed by atoms with Gasteiger partial charge in [-0.1, -0.05) is 11.6 Å². The van der Waals surface area contributed by atoms with E-state index in [9.17, 15) is 33.1 Å². The van der Waals surface area contributed by atoms with Crippen LogP contribution in [-0.2, 0) is 12.7 Å². The smallest absolute Gasteiger partial charge is 0.417 e. The average molecular weight is 690 g/mol. The van der Waals surface area contributed by atoms with Gasteiger partial charge in [0, 0.05) is 50.7 Å². The molecule has 6 rings (SSSR count). The molecule has 0 spiro atoms. The van der Waals surface area contributed by atoms with Gasteiger partial charge in [-0.2, -0.15) is 18.4 Å². The first kappa shape index (κ1) is 32.6. The van der Waals surface area contributed by atoms with Gasteiger partial charge in [0.2, 0.25) is 0 Å². The molecular formula is C34H23ClF3N5O4S. The Morgan fingerprint density at radius 2 is 1.88 bits per heavy atom. The molecule has 2 aromatic carbocycles. The molecule has 4 aromatic heterocycles. The highest BCUT2D eigenvalue weighted by Crippen LogP contribution is 2.43. The van der Waals surface area contributed by atoms with Gasteiger partial charge in [-0.3, -0.25) is 19.3 Å². The summed E-state index contributed by atoms with van der Waals surface area (Å²) in [5.74, 6) is -0.589. The first-order valence-electron chi connectivity index (χ1n) is 14.3. The fourth-order valence-electron chi connectivity index (χ4n) is 5.67. The molecule has 0 saturated carbocycles. The third-order valence-electron chi connectivity index (χ3n) is 7.85. The van der Waals surface area contributed by atoms with Gasteiger partial charge in [0.25, 0.3) is 5.56 Å². The largest absolute Gasteiger partial charge is 0.491 e. The van der Waals surface area contributed by atoms with Crippen molar-refractivity contribution in [1.82, 2.24) is 19.5 Å². The number of alkyl halides is 3. The number of rotatable bonds is 7. The molecule has 242 valence electrons. The van der Waals surface area contributed by atoms with E-state index in [4.69, 9.17) is 16.3 Å². The number of hydrogen-bond acceptors (Lipinski definition) is 8. The second kappa shape index (κ2) is 12.4. The minimum Gasteiger partial charge on any atom is -0.491 e. The lowest BCUT2D eigenvalue weighted by Gasteiger charge is -2.19. The van der Waals surface area contributed by atoms with Crippen LogP contribution in [0.1, 0.15) is 38.6 Å². The van der Waals surface area contributed by atoms with Gasteiger partial charge in [-0.15, -0.1) is 11.3 Å². The number of benzene rings is 2. The second-order valence-electron chi connectivity index (χ2n) is 10.9. The minimum absolute atomic E-state index is 0.0598. The van der Waals surface area contributed by atoms with Crippen molar-refractivity contribution in [1.29, 1.82) is 5.26 Å². The maximum Gasteiger partial charge on any atom is 0.417 e. The summed E-state index contributed by atoms with van der Waals surface area (Å²) in [6, 6.07) is 10.9. The van der Waals surface area contributed by atoms with Gasteiger partial charge in [0.1, 0.15) is 24.3 Å². The fraction of sp³-hybridized carbons (Fsp3) is 0.176. The van der Waals surface area contributed by atoms with Crippen LogP contribution in [0, 0.1) is 32.1 Å². The highest BCUT2D eigenvalue weighted by Gasteiger charge is 2.37. The molecule has 0 bridgehead atoms. The summed E-state index contributed by atoms with van der Waals surface area (Å²) in [4.78, 5) is 38.4. The van der Waals surface area contributed by atoms with Crippen LogP contribution in [0.15, 0.2) is 59.0 Å². The zero-order valence-electron chi connectivity index (χ0n) is 25.4. The lowest BCUT2D eigenvalue weighted by atomic mass is 9.90. The molecule has 4 heterocycles. The molecule has 48 heavy (non-hydrogen) atoms. The van der Waals surface area contributed by atoms with E-state index in [1.807, 2.05) is 6.07 Å². The number of thiophene rings is 1. The summed E-state index contributed by atoms with van der Waals surface area (Å²) in [5, 5.41) is 21.5. The Morgan fingerprint density at radius 3 is 2.56 bits per heavy atom. The Bertz CT molecular complexity index is 2400. The molecule has 9 nitrogen and oxygen atoms in total. The van der Waals surface area contributed by atoms with Crippen molar-refractivity contribution in [3.8, 4) is 34.1 Å². The highest BCUT2D eigenvalue weighted by molar-refractivity contribution is 7.18. The van der Waals surface area contributed by atoms with Crippen LogP contribution in [0.3, 0.4) is 0 Å². The number of ether oxygens (including phenoxy) is 1. The van der Waals surface area contributed by atoms with Crippen molar-refractivity contribution in [2.75, 3.05) is 6.61 Å². The van der Waals surface area contributed by atoms with Crippen molar-refractivity contribution in [3.05, 3.63) is 103 Å². The van der Waals surface area contributed by atoms with E-state index in [0.717, 1.165) is 6.07 Å². The zero-order valence-corrected chi connectivity index (χ0v) is 27.0. The average Bonchev–Trinajstić information content (AvgIpc) is 3.46. The number of carboxylic acid groups (broad SMARTS) is 1. The number of carboxylic acids is 1. The molecule has 0 fully saturated rings. The zero-order chi connectivity index (χ0) is 34.5. The third-order valence-corrected chi connectivity index (χ3v) is 9.09. The van der Waals surface area contributed by atoms with Gasteiger partial charge in [-0.05, 0) is 62.7 Å². The Balaban J connectivity index is 1.42. The molecule has 0 aliphatic carbocycles. The van der Waals surface area contributed by atoms with Crippen LogP contribution in [0.25, 0.3) is 43.4 Å². The van der Waals surface area contributed by atoms with E-state index in [1.54, 1.807) is 38.1 Å². The van der Waals surface area contributed by atoms with E-state index in [2.05, 4.69) is 15.0 Å². The molecule has 0 radical (unpaired) electrons. The summed E-state index contributed by atoms with van der Waals surface area (Å²) in [6.07, 6.45) is -2.18. The number of hydrogen-bond donors (Lipinski definition) is 1. The normalized spacial score (nSPS) is 11.6. The standard InChI is InChI=1S/C34H23ClF3N5O4S/c1-16-6-7-40-14-23(16)28-22(13-39)29-26(12-25(28)34(36,37)38)42-18(3)43(32(29)44)8-9-47-27-5-4-19(35)11-20(27)21-10-17(2)41-30-24(33(45)46)15-48-31(21)30/h4-7,10-12,14-15H,8-9H2,1-3H3,(H,45,46). The molecule has 0 atom stereocenters. The quantitative estimate of drug-likeness (QED) is 0.179. The number of aryl methyl sites for hydroxylation is 3. The Hall–Kier alpha value is -5.32. The van der Waals surface area contributed by atoms with Crippen LogP contribution in [-0.4, -0.2) is 37.2 Å². The number of fused-ring (bicyclic) bond motifs is 2. The minimum atomic E-state index is -4.84. The SMILES string of the molecule is Cc1cc(-c2cc(Cl)ccc2OCCn2c(C)nc3cc(C(F)(F)F)c(-c4cnccc4C)c(C#N)c3c2=O)c2scc(C(=O)O)c2n1. The lowest BCUT2D eigenvalue weighted by molar-refractivity contribution is -0.137. The fourth-order valence-corrected chi connectivity index (χ4v) is 6.85. The van der Waals surface area contributed by atoms with Crippen molar-refractivity contribution in [2.45, 2.75) is 33.5 Å². The number of aromatic nitrogens is 4. The number of carbonyl (C=O) groups is 1. The third kappa shape index (κ3) is 5.74. The molecule has 0 saturated heterocycles. The van der Waals surface area contributed by atoms with Gasteiger partial charge >= 0.3 is 12.1 Å². The van der Waals surface area contributed by atoms with E-state index >= 15 is 0 Å². The van der Waals surface area contributed by atoms with Crippen molar-refractivity contribution < 1.29 is 27.8 Å². The number of pyridine rings is 2. The topological polar surface area (TPSA) is 131 Å². The predicted octanol–water partition coefficient (Wildman–Crippen LogP) is 7.98. The van der Waals surface area contributed by atoms with E-state index < -0.39 is 34.4 Å². The molecule has 0 amide bonds. The van der Waals surface area contributed by atoms with Gasteiger partial charge in [0.15, 0.2) is 0 Å². The number of nitriles is 1. The Labute approximate surface area is 279 Å².